The lowest BCUT2D eigenvalue weighted by Gasteiger charge is -2.36. The van der Waals surface area contributed by atoms with Crippen LogP contribution in [0.25, 0.3) is 0 Å². The maximum Gasteiger partial charge on any atom is 0.323 e. The molecular weight excluding hydrogens is 550 g/mol. The van der Waals surface area contributed by atoms with Crippen LogP contribution in [0.4, 0.5) is 16.2 Å². The highest BCUT2D eigenvalue weighted by molar-refractivity contribution is 6.03. The SMILES string of the molecule is Cc1noc(C)c1NC(=O)Nc1ccc2c(c1)C(=O)N([C@H](C)CO)C[C@H](C)[C@H](CN(C)CC1CC1)OCCCC[C@@H](C)O2. The second-order valence-electron chi connectivity index (χ2n) is 12.5. The Labute approximate surface area is 255 Å². The Balaban J connectivity index is 1.60. The molecule has 3 amide bonds. The predicted octanol–water partition coefficient (Wildman–Crippen LogP) is 5.07. The van der Waals surface area contributed by atoms with E-state index < -0.39 is 12.1 Å². The molecule has 0 spiro atoms. The summed E-state index contributed by atoms with van der Waals surface area (Å²) < 4.78 is 17.9. The van der Waals surface area contributed by atoms with E-state index in [4.69, 9.17) is 14.0 Å². The van der Waals surface area contributed by atoms with E-state index in [1.54, 1.807) is 36.9 Å². The van der Waals surface area contributed by atoms with Gasteiger partial charge in [0.2, 0.25) is 0 Å². The number of carbonyl (C=O) groups is 2. The molecular formula is C32H49N5O6. The van der Waals surface area contributed by atoms with Crippen molar-refractivity contribution >= 4 is 23.3 Å². The number of aromatic nitrogens is 1. The molecule has 2 aromatic rings. The van der Waals surface area contributed by atoms with Gasteiger partial charge in [0, 0.05) is 37.8 Å². The number of ether oxygens (including phenoxy) is 2. The molecule has 1 aliphatic carbocycles. The highest BCUT2D eigenvalue weighted by Gasteiger charge is 2.31. The number of fused-ring (bicyclic) bond motifs is 1. The zero-order valence-corrected chi connectivity index (χ0v) is 26.5. The third-order valence-corrected chi connectivity index (χ3v) is 8.34. The summed E-state index contributed by atoms with van der Waals surface area (Å²) in [6.07, 6.45) is 5.09. The first kappa shape index (κ1) is 32.8. The average molecular weight is 600 g/mol. The number of aliphatic hydroxyl groups is 1. The van der Waals surface area contributed by atoms with E-state index in [2.05, 4.69) is 34.7 Å². The van der Waals surface area contributed by atoms with Crippen molar-refractivity contribution in [2.75, 3.05) is 50.5 Å². The van der Waals surface area contributed by atoms with Crippen molar-refractivity contribution in [3.8, 4) is 5.75 Å². The van der Waals surface area contributed by atoms with Gasteiger partial charge in [0.15, 0.2) is 5.76 Å². The van der Waals surface area contributed by atoms with Gasteiger partial charge in [-0.2, -0.15) is 0 Å². The minimum atomic E-state index is -0.485. The van der Waals surface area contributed by atoms with E-state index in [-0.39, 0.29) is 30.6 Å². The lowest BCUT2D eigenvalue weighted by molar-refractivity contribution is -0.0172. The largest absolute Gasteiger partial charge is 0.490 e. The quantitative estimate of drug-likeness (QED) is 0.384. The molecule has 1 saturated carbocycles. The van der Waals surface area contributed by atoms with Crippen molar-refractivity contribution in [2.24, 2.45) is 11.8 Å². The van der Waals surface area contributed by atoms with Crippen LogP contribution in [0.2, 0.25) is 0 Å². The molecule has 2 aliphatic rings. The maximum atomic E-state index is 14.3. The molecule has 0 radical (unpaired) electrons. The van der Waals surface area contributed by atoms with Crippen LogP contribution < -0.4 is 15.4 Å². The van der Waals surface area contributed by atoms with Gasteiger partial charge in [-0.1, -0.05) is 12.1 Å². The van der Waals surface area contributed by atoms with Gasteiger partial charge in [-0.3, -0.25) is 4.79 Å². The molecule has 3 N–H and O–H groups in total. The van der Waals surface area contributed by atoms with Gasteiger partial charge in [-0.05, 0) is 91.0 Å². The number of hydrogen-bond acceptors (Lipinski definition) is 8. The third-order valence-electron chi connectivity index (χ3n) is 8.34. The molecule has 1 aliphatic heterocycles. The van der Waals surface area contributed by atoms with Gasteiger partial charge in [0.25, 0.3) is 5.91 Å². The number of carbonyl (C=O) groups excluding carboxylic acids is 2. The summed E-state index contributed by atoms with van der Waals surface area (Å²) in [6.45, 7) is 12.1. The first-order valence-corrected chi connectivity index (χ1v) is 15.6. The van der Waals surface area contributed by atoms with Gasteiger partial charge in [-0.25, -0.2) is 4.79 Å². The van der Waals surface area contributed by atoms with Gasteiger partial charge < -0.3 is 39.5 Å². The molecule has 4 rings (SSSR count). The molecule has 0 unspecified atom stereocenters. The molecule has 238 valence electrons. The fraction of sp³-hybridized carbons (Fsp3) is 0.656. The Morgan fingerprint density at radius 1 is 1.16 bits per heavy atom. The number of amides is 3. The molecule has 0 bridgehead atoms. The number of nitrogens with zero attached hydrogens (tertiary/aromatic N) is 3. The first-order chi connectivity index (χ1) is 20.5. The molecule has 4 atom stereocenters. The number of benzene rings is 1. The summed E-state index contributed by atoms with van der Waals surface area (Å²) in [7, 11) is 2.14. The summed E-state index contributed by atoms with van der Waals surface area (Å²) in [5.41, 5.74) is 1.83. The highest BCUT2D eigenvalue weighted by atomic mass is 16.5. The minimum Gasteiger partial charge on any atom is -0.490 e. The summed E-state index contributed by atoms with van der Waals surface area (Å²) in [5, 5.41) is 19.6. The fourth-order valence-electron chi connectivity index (χ4n) is 5.52. The topological polar surface area (TPSA) is 129 Å². The van der Waals surface area contributed by atoms with E-state index in [0.717, 1.165) is 38.3 Å². The number of likely N-dealkylation sites (N-methyl/N-ethyl adjacent to an activating group) is 1. The smallest absolute Gasteiger partial charge is 0.323 e. The van der Waals surface area contributed by atoms with Crippen LogP contribution in [0.5, 0.6) is 5.75 Å². The Morgan fingerprint density at radius 2 is 1.93 bits per heavy atom. The number of anilines is 2. The van der Waals surface area contributed by atoms with Crippen LogP contribution in [0.1, 0.15) is 74.7 Å². The molecule has 11 heteroatoms. The second kappa shape index (κ2) is 15.0. The lowest BCUT2D eigenvalue weighted by Crippen LogP contribution is -2.47. The van der Waals surface area contributed by atoms with Gasteiger partial charge in [-0.15, -0.1) is 0 Å². The van der Waals surface area contributed by atoms with Crippen molar-refractivity contribution in [3.63, 3.8) is 0 Å². The fourth-order valence-corrected chi connectivity index (χ4v) is 5.52. The summed E-state index contributed by atoms with van der Waals surface area (Å²) >= 11 is 0. The number of hydrogen-bond donors (Lipinski definition) is 3. The van der Waals surface area contributed by atoms with Crippen molar-refractivity contribution in [3.05, 3.63) is 35.2 Å². The first-order valence-electron chi connectivity index (χ1n) is 15.6. The minimum absolute atomic E-state index is 0.0213. The standard InChI is InChI=1S/C32H49N5O6/c1-20-16-37(21(2)19-38)31(39)27-15-26(33-32(40)34-30-23(4)35-43-24(30)5)12-13-28(27)42-22(3)9-7-8-14-41-29(20)18-36(6)17-25-10-11-25/h12-13,15,20-22,25,29,38H,7-11,14,16-19H2,1-6H3,(H2,33,34,40)/t20-,21+,22+,29-/m0/s1. The third kappa shape index (κ3) is 9.17. The van der Waals surface area contributed by atoms with Crippen LogP contribution in [-0.4, -0.2) is 90.1 Å². The van der Waals surface area contributed by atoms with E-state index in [9.17, 15) is 14.7 Å². The van der Waals surface area contributed by atoms with Crippen molar-refractivity contribution in [1.29, 1.82) is 0 Å². The second-order valence-corrected chi connectivity index (χ2v) is 12.5. The number of aryl methyl sites for hydroxylation is 2. The zero-order valence-electron chi connectivity index (χ0n) is 26.5. The molecule has 43 heavy (non-hydrogen) atoms. The number of rotatable bonds is 8. The van der Waals surface area contributed by atoms with Crippen molar-refractivity contribution in [2.45, 2.75) is 85.0 Å². The Hall–Kier alpha value is -3.15. The highest BCUT2D eigenvalue weighted by Crippen LogP contribution is 2.31. The van der Waals surface area contributed by atoms with Crippen LogP contribution in [0, 0.1) is 25.7 Å². The average Bonchev–Trinajstić information content (AvgIpc) is 3.73. The Kier molecular flexibility index (Phi) is 11.5. The number of aliphatic hydroxyl groups excluding tert-OH is 1. The summed E-state index contributed by atoms with van der Waals surface area (Å²) in [6, 6.07) is 4.17. The number of nitrogens with one attached hydrogen (secondary N) is 2. The van der Waals surface area contributed by atoms with Crippen LogP contribution in [0.3, 0.4) is 0 Å². The van der Waals surface area contributed by atoms with E-state index in [1.807, 2.05) is 13.8 Å². The van der Waals surface area contributed by atoms with E-state index in [0.29, 0.717) is 47.3 Å². The van der Waals surface area contributed by atoms with E-state index in [1.165, 1.54) is 12.8 Å². The van der Waals surface area contributed by atoms with Crippen LogP contribution in [0.15, 0.2) is 22.7 Å². The van der Waals surface area contributed by atoms with Crippen LogP contribution in [-0.2, 0) is 4.74 Å². The Morgan fingerprint density at radius 3 is 2.60 bits per heavy atom. The summed E-state index contributed by atoms with van der Waals surface area (Å²) in [5.74, 6) is 1.48. The molecule has 11 nitrogen and oxygen atoms in total. The Bertz CT molecular complexity index is 1210. The molecule has 0 saturated heterocycles. The molecule has 2 heterocycles. The van der Waals surface area contributed by atoms with Crippen LogP contribution >= 0.6 is 0 Å². The van der Waals surface area contributed by atoms with Gasteiger partial charge in [0.1, 0.15) is 17.1 Å². The van der Waals surface area contributed by atoms with Gasteiger partial charge >= 0.3 is 6.03 Å². The number of urea groups is 1. The van der Waals surface area contributed by atoms with Crippen molar-refractivity contribution in [1.82, 2.24) is 15.0 Å². The lowest BCUT2D eigenvalue weighted by atomic mass is 10.0. The zero-order chi connectivity index (χ0) is 31.1. The summed E-state index contributed by atoms with van der Waals surface area (Å²) in [4.78, 5) is 31.2. The molecule has 1 aromatic heterocycles. The maximum absolute atomic E-state index is 14.3. The normalized spacial score (nSPS) is 22.8. The molecule has 1 fully saturated rings. The monoisotopic (exact) mass is 599 g/mol. The molecule has 1 aromatic carbocycles. The van der Waals surface area contributed by atoms with Crippen molar-refractivity contribution < 1.29 is 28.7 Å². The van der Waals surface area contributed by atoms with E-state index >= 15 is 0 Å². The van der Waals surface area contributed by atoms with Gasteiger partial charge in [0.05, 0.1) is 30.4 Å². The predicted molar refractivity (Wildman–Crippen MR) is 166 cm³/mol.